The van der Waals surface area contributed by atoms with Gasteiger partial charge in [0.15, 0.2) is 0 Å². The van der Waals surface area contributed by atoms with E-state index >= 15 is 0 Å². The molecular formula is C25H31N3O4. The predicted molar refractivity (Wildman–Crippen MR) is 121 cm³/mol. The minimum Gasteiger partial charge on any atom is -0.490 e. The summed E-state index contributed by atoms with van der Waals surface area (Å²) in [5.41, 5.74) is 5.95. The van der Waals surface area contributed by atoms with Crippen LogP contribution in [0.5, 0.6) is 5.75 Å². The molecule has 1 fully saturated rings. The van der Waals surface area contributed by atoms with Crippen molar-refractivity contribution in [2.45, 2.75) is 51.9 Å². The number of carbonyl (C=O) groups excluding carboxylic acids is 1. The number of amides is 1. The van der Waals surface area contributed by atoms with Gasteiger partial charge in [0.1, 0.15) is 17.7 Å². The second-order valence-electron chi connectivity index (χ2n) is 9.10. The number of benzene rings is 1. The van der Waals surface area contributed by atoms with Crippen molar-refractivity contribution in [2.75, 3.05) is 38.3 Å². The van der Waals surface area contributed by atoms with Gasteiger partial charge in [0.2, 0.25) is 0 Å². The standard InChI is InChI=1S/C25H31N3O4/c1-15-16(2)24(26-23-21(13-29)27(3)25(30)22(15)23)28-9-6-19(7-10-28)32-20-5-4-17-8-11-31-14-18(17)12-20/h4-5,12,19,21,29H,6-11,13-14H2,1-3H3. The Hall–Kier alpha value is -2.64. The SMILES string of the molecule is Cc1c(N2CCC(Oc3ccc4c(c3)COCC4)CC2)nc2c(c1C)C(=O)N(C)C2CO. The van der Waals surface area contributed by atoms with E-state index in [0.29, 0.717) is 17.9 Å². The van der Waals surface area contributed by atoms with Gasteiger partial charge in [-0.25, -0.2) is 4.98 Å². The number of carbonyl (C=O) groups is 1. The van der Waals surface area contributed by atoms with Crippen molar-refractivity contribution in [3.8, 4) is 5.75 Å². The van der Waals surface area contributed by atoms with Crippen molar-refractivity contribution >= 4 is 11.7 Å². The number of hydrogen-bond donors (Lipinski definition) is 1. The zero-order valence-corrected chi connectivity index (χ0v) is 19.1. The average molecular weight is 438 g/mol. The van der Waals surface area contributed by atoms with Crippen LogP contribution in [0.25, 0.3) is 0 Å². The minimum atomic E-state index is -0.371. The van der Waals surface area contributed by atoms with Gasteiger partial charge in [0, 0.05) is 33.0 Å². The van der Waals surface area contributed by atoms with Crippen molar-refractivity contribution in [1.29, 1.82) is 0 Å². The number of fused-ring (bicyclic) bond motifs is 2. The number of pyridine rings is 1. The molecule has 4 heterocycles. The fourth-order valence-electron chi connectivity index (χ4n) is 5.13. The molecule has 1 aromatic heterocycles. The summed E-state index contributed by atoms with van der Waals surface area (Å²) in [5.74, 6) is 1.79. The Morgan fingerprint density at radius 1 is 1.19 bits per heavy atom. The molecule has 1 atom stereocenters. The summed E-state index contributed by atoms with van der Waals surface area (Å²) < 4.78 is 11.9. The van der Waals surface area contributed by atoms with Crippen LogP contribution in [-0.2, 0) is 17.8 Å². The molecule has 3 aliphatic rings. The Bertz CT molecular complexity index is 1050. The average Bonchev–Trinajstić information content (AvgIpc) is 3.06. The van der Waals surface area contributed by atoms with Crippen LogP contribution in [-0.4, -0.2) is 60.4 Å². The van der Waals surface area contributed by atoms with E-state index in [0.717, 1.165) is 61.7 Å². The summed E-state index contributed by atoms with van der Waals surface area (Å²) in [6, 6.07) is 6.00. The van der Waals surface area contributed by atoms with Crippen molar-refractivity contribution < 1.29 is 19.4 Å². The lowest BCUT2D eigenvalue weighted by molar-refractivity contribution is 0.0714. The molecule has 0 saturated carbocycles. The molecule has 170 valence electrons. The van der Waals surface area contributed by atoms with Gasteiger partial charge in [0.05, 0.1) is 37.1 Å². The summed E-state index contributed by atoms with van der Waals surface area (Å²) >= 11 is 0. The Balaban J connectivity index is 1.30. The summed E-state index contributed by atoms with van der Waals surface area (Å²) in [4.78, 5) is 21.5. The summed E-state index contributed by atoms with van der Waals surface area (Å²) in [6.07, 6.45) is 2.96. The lowest BCUT2D eigenvalue weighted by Crippen LogP contribution is -2.39. The Morgan fingerprint density at radius 3 is 2.72 bits per heavy atom. The number of rotatable bonds is 4. The first-order valence-corrected chi connectivity index (χ1v) is 11.5. The Labute approximate surface area is 189 Å². The fourth-order valence-corrected chi connectivity index (χ4v) is 5.13. The fraction of sp³-hybridized carbons (Fsp3) is 0.520. The maximum absolute atomic E-state index is 12.7. The van der Waals surface area contributed by atoms with Crippen LogP contribution in [0.2, 0.25) is 0 Å². The van der Waals surface area contributed by atoms with E-state index in [2.05, 4.69) is 23.1 Å². The molecule has 1 N–H and O–H groups in total. The number of ether oxygens (including phenoxy) is 2. The second-order valence-corrected chi connectivity index (χ2v) is 9.10. The normalized spacial score (nSPS) is 21.0. The number of aliphatic hydroxyl groups excluding tert-OH is 1. The predicted octanol–water partition coefficient (Wildman–Crippen LogP) is 2.94. The molecule has 1 unspecified atom stereocenters. The van der Waals surface area contributed by atoms with Crippen molar-refractivity contribution in [3.05, 3.63) is 51.7 Å². The first kappa shape index (κ1) is 21.2. The van der Waals surface area contributed by atoms with Crippen LogP contribution in [0.3, 0.4) is 0 Å². The lowest BCUT2D eigenvalue weighted by atomic mass is 10.00. The van der Waals surface area contributed by atoms with Crippen LogP contribution < -0.4 is 9.64 Å². The molecule has 1 amide bonds. The Morgan fingerprint density at radius 2 is 1.97 bits per heavy atom. The smallest absolute Gasteiger partial charge is 0.256 e. The molecule has 7 heteroatoms. The molecule has 1 saturated heterocycles. The van der Waals surface area contributed by atoms with E-state index in [-0.39, 0.29) is 24.7 Å². The lowest BCUT2D eigenvalue weighted by Gasteiger charge is -2.34. The first-order valence-electron chi connectivity index (χ1n) is 11.5. The summed E-state index contributed by atoms with van der Waals surface area (Å²) in [5, 5.41) is 9.84. The third kappa shape index (κ3) is 3.53. The van der Waals surface area contributed by atoms with Gasteiger partial charge < -0.3 is 24.4 Å². The van der Waals surface area contributed by atoms with Crippen molar-refractivity contribution in [3.63, 3.8) is 0 Å². The van der Waals surface area contributed by atoms with Crippen LogP contribution in [0.15, 0.2) is 18.2 Å². The maximum atomic E-state index is 12.7. The maximum Gasteiger partial charge on any atom is 0.256 e. The number of nitrogens with zero attached hydrogens (tertiary/aromatic N) is 3. The number of aromatic nitrogens is 1. The van der Waals surface area contributed by atoms with Crippen LogP contribution in [0.4, 0.5) is 5.82 Å². The number of likely N-dealkylation sites (N-methyl/N-ethyl adjacent to an activating group) is 1. The van der Waals surface area contributed by atoms with E-state index < -0.39 is 0 Å². The molecule has 32 heavy (non-hydrogen) atoms. The largest absolute Gasteiger partial charge is 0.490 e. The van der Waals surface area contributed by atoms with Gasteiger partial charge in [-0.3, -0.25) is 4.79 Å². The zero-order valence-electron chi connectivity index (χ0n) is 19.1. The number of hydrogen-bond acceptors (Lipinski definition) is 6. The first-order chi connectivity index (χ1) is 15.5. The van der Waals surface area contributed by atoms with E-state index in [1.165, 1.54) is 11.1 Å². The number of piperidine rings is 1. The van der Waals surface area contributed by atoms with Gasteiger partial charge >= 0.3 is 0 Å². The molecular weight excluding hydrogens is 406 g/mol. The summed E-state index contributed by atoms with van der Waals surface area (Å²) in [7, 11) is 1.73. The molecule has 0 bridgehead atoms. The second kappa shape index (κ2) is 8.37. The van der Waals surface area contributed by atoms with Gasteiger partial charge in [-0.1, -0.05) is 6.07 Å². The number of aliphatic hydroxyl groups is 1. The van der Waals surface area contributed by atoms with Crippen LogP contribution in [0.1, 0.15) is 57.2 Å². The van der Waals surface area contributed by atoms with E-state index in [1.54, 1.807) is 11.9 Å². The quantitative estimate of drug-likeness (QED) is 0.793. The summed E-state index contributed by atoms with van der Waals surface area (Å²) in [6.45, 7) is 7.06. The molecule has 0 spiro atoms. The highest BCUT2D eigenvalue weighted by molar-refractivity contribution is 6.00. The molecule has 2 aromatic rings. The molecule has 0 aliphatic carbocycles. The van der Waals surface area contributed by atoms with Crippen molar-refractivity contribution in [2.24, 2.45) is 0 Å². The van der Waals surface area contributed by atoms with Crippen LogP contribution >= 0.6 is 0 Å². The molecule has 3 aliphatic heterocycles. The van der Waals surface area contributed by atoms with Crippen LogP contribution in [0, 0.1) is 13.8 Å². The minimum absolute atomic E-state index is 0.0544. The van der Waals surface area contributed by atoms with Gasteiger partial charge in [-0.05, 0) is 54.7 Å². The highest BCUT2D eigenvalue weighted by Crippen LogP contribution is 2.37. The van der Waals surface area contributed by atoms with E-state index in [1.807, 2.05) is 13.8 Å². The van der Waals surface area contributed by atoms with Gasteiger partial charge in [-0.15, -0.1) is 0 Å². The molecule has 0 radical (unpaired) electrons. The van der Waals surface area contributed by atoms with E-state index in [9.17, 15) is 9.90 Å². The topological polar surface area (TPSA) is 75.1 Å². The highest BCUT2D eigenvalue weighted by Gasteiger charge is 2.38. The van der Waals surface area contributed by atoms with Gasteiger partial charge in [0.25, 0.3) is 5.91 Å². The Kier molecular flexibility index (Phi) is 5.55. The van der Waals surface area contributed by atoms with Crippen molar-refractivity contribution in [1.82, 2.24) is 9.88 Å². The third-order valence-electron chi connectivity index (χ3n) is 7.24. The molecule has 5 rings (SSSR count). The monoisotopic (exact) mass is 437 g/mol. The molecule has 7 nitrogen and oxygen atoms in total. The van der Waals surface area contributed by atoms with E-state index in [4.69, 9.17) is 14.5 Å². The molecule has 1 aromatic carbocycles. The third-order valence-corrected chi connectivity index (χ3v) is 7.24. The highest BCUT2D eigenvalue weighted by atomic mass is 16.5. The van der Waals surface area contributed by atoms with Gasteiger partial charge in [-0.2, -0.15) is 0 Å². The number of anilines is 1. The zero-order chi connectivity index (χ0) is 22.4.